The number of amides is 1. The maximum Gasteiger partial charge on any atom is 0.476 e. The Morgan fingerprint density at radius 3 is 2.18 bits per heavy atom. The molecule has 1 aromatic rings. The highest BCUT2D eigenvalue weighted by Crippen LogP contribution is 2.04. The second-order valence-electron chi connectivity index (χ2n) is 2.59. The minimum Gasteiger partial charge on any atom is -0.450 e. The number of nitrogens with one attached hydrogen (secondary N) is 1. The number of benzene rings is 1. The number of hydrogen-bond donors (Lipinski definition) is 1. The van der Waals surface area contributed by atoms with E-state index in [1.165, 1.54) is 0 Å². The number of rotatable bonds is 2. The van der Waals surface area contributed by atoms with Gasteiger partial charge in [-0.15, -0.1) is 0 Å². The molecule has 1 N–H and O–H groups in total. The van der Waals surface area contributed by atoms with Crippen LogP contribution in [0.15, 0.2) is 30.3 Å². The lowest BCUT2D eigenvalue weighted by atomic mass is 10.3. The molecule has 0 aliphatic rings. The first kappa shape index (κ1) is 15.3. The Morgan fingerprint density at radius 2 is 1.76 bits per heavy atom. The first-order valence-corrected chi connectivity index (χ1v) is 5.74. The third-order valence-corrected chi connectivity index (χ3v) is 1.30. The van der Waals surface area contributed by atoms with Gasteiger partial charge in [0, 0.05) is 5.69 Å². The van der Waals surface area contributed by atoms with Crippen molar-refractivity contribution in [2.24, 2.45) is 0 Å². The fraction of sp³-hybridized carbons (Fsp3) is 0.222. The Labute approximate surface area is 97.9 Å². The van der Waals surface area contributed by atoms with Crippen molar-refractivity contribution in [2.45, 2.75) is 6.92 Å². The van der Waals surface area contributed by atoms with E-state index in [4.69, 9.17) is 13.2 Å². The molecular formula is C9H11F2NO4S. The monoisotopic (exact) mass is 267 g/mol. The van der Waals surface area contributed by atoms with Crippen LogP contribution in [0.1, 0.15) is 6.92 Å². The number of carbonyl (C=O) groups is 1. The zero-order chi connectivity index (χ0) is 13.3. The number of para-hydroxylation sites is 1. The minimum atomic E-state index is -5.67. The van der Waals surface area contributed by atoms with Crippen molar-refractivity contribution in [3.63, 3.8) is 0 Å². The van der Waals surface area contributed by atoms with Gasteiger partial charge in [-0.25, -0.2) is 4.79 Å². The lowest BCUT2D eigenvalue weighted by Crippen LogP contribution is -2.12. The van der Waals surface area contributed by atoms with Gasteiger partial charge in [-0.05, 0) is 19.1 Å². The van der Waals surface area contributed by atoms with Gasteiger partial charge in [-0.3, -0.25) is 5.32 Å². The van der Waals surface area contributed by atoms with E-state index in [1.54, 1.807) is 19.1 Å². The summed E-state index contributed by atoms with van der Waals surface area (Å²) in [5, 5.41) is 2.58. The van der Waals surface area contributed by atoms with E-state index >= 15 is 0 Å². The molecule has 0 fully saturated rings. The van der Waals surface area contributed by atoms with Crippen LogP contribution in [-0.2, 0) is 15.3 Å². The zero-order valence-corrected chi connectivity index (χ0v) is 9.71. The van der Waals surface area contributed by atoms with Crippen molar-refractivity contribution in [3.8, 4) is 0 Å². The predicted molar refractivity (Wildman–Crippen MR) is 58.2 cm³/mol. The Kier molecular flexibility index (Phi) is 6.80. The summed E-state index contributed by atoms with van der Waals surface area (Å²) in [6.07, 6.45) is -0.413. The van der Waals surface area contributed by atoms with E-state index in [2.05, 4.69) is 5.32 Å². The van der Waals surface area contributed by atoms with Crippen LogP contribution in [0.4, 0.5) is 18.3 Å². The lowest BCUT2D eigenvalue weighted by Gasteiger charge is -2.03. The topological polar surface area (TPSA) is 72.5 Å². The summed E-state index contributed by atoms with van der Waals surface area (Å²) >= 11 is 0. The average molecular weight is 267 g/mol. The number of carbonyl (C=O) groups excluding carboxylic acids is 1. The minimum absolute atomic E-state index is 0.388. The van der Waals surface area contributed by atoms with Crippen molar-refractivity contribution < 1.29 is 25.7 Å². The van der Waals surface area contributed by atoms with Crippen molar-refractivity contribution in [1.82, 2.24) is 0 Å². The molecule has 0 atom stereocenters. The van der Waals surface area contributed by atoms with Crippen LogP contribution in [0.2, 0.25) is 0 Å². The Hall–Kier alpha value is -1.70. The Balaban J connectivity index is 0.000000437. The molecule has 0 spiro atoms. The van der Waals surface area contributed by atoms with Crippen LogP contribution < -0.4 is 5.32 Å². The van der Waals surface area contributed by atoms with Gasteiger partial charge in [-0.1, -0.05) is 26.0 Å². The predicted octanol–water partition coefficient (Wildman–Crippen LogP) is 2.43. The Bertz CT molecular complexity index is 428. The first-order chi connectivity index (χ1) is 7.83. The van der Waals surface area contributed by atoms with Gasteiger partial charge in [-0.2, -0.15) is 8.42 Å². The number of ether oxygens (including phenoxy) is 1. The third kappa shape index (κ3) is 12.2. The molecule has 0 saturated heterocycles. The molecule has 0 aromatic heterocycles. The second kappa shape index (κ2) is 7.55. The molecule has 1 rings (SSSR count). The van der Waals surface area contributed by atoms with E-state index in [0.29, 0.717) is 6.61 Å². The van der Waals surface area contributed by atoms with Gasteiger partial charge in [0.2, 0.25) is 0 Å². The number of anilines is 1. The van der Waals surface area contributed by atoms with Crippen LogP contribution in [0.5, 0.6) is 0 Å². The van der Waals surface area contributed by atoms with Gasteiger partial charge < -0.3 is 4.74 Å². The summed E-state index contributed by atoms with van der Waals surface area (Å²) in [6, 6.07) is 9.19. The first-order valence-electron chi connectivity index (χ1n) is 4.46. The van der Waals surface area contributed by atoms with Crippen molar-refractivity contribution in [1.29, 1.82) is 0 Å². The standard InChI is InChI=1S/C9H11NO2.F2O2S/c1-2-12-9(11)10-8-6-4-3-5-7-8;1-5(2,3)4/h3-7H,2H2,1H3,(H,10,11);. The highest BCUT2D eigenvalue weighted by atomic mass is 32.3. The van der Waals surface area contributed by atoms with Gasteiger partial charge in [0.25, 0.3) is 0 Å². The summed E-state index contributed by atoms with van der Waals surface area (Å²) in [6.45, 7) is 2.16. The molecule has 0 bridgehead atoms. The lowest BCUT2D eigenvalue weighted by molar-refractivity contribution is 0.168. The fourth-order valence-electron chi connectivity index (χ4n) is 0.807. The van der Waals surface area contributed by atoms with Crippen LogP contribution in [0.3, 0.4) is 0 Å². The second-order valence-corrected chi connectivity index (χ2v) is 3.35. The number of halogens is 2. The van der Waals surface area contributed by atoms with E-state index in [1.807, 2.05) is 18.2 Å². The summed E-state index contributed by atoms with van der Waals surface area (Å²) in [5.41, 5.74) is 0.746. The van der Waals surface area contributed by atoms with Crippen molar-refractivity contribution in [3.05, 3.63) is 30.3 Å². The molecule has 17 heavy (non-hydrogen) atoms. The molecule has 0 unspecified atom stereocenters. The Morgan fingerprint density at radius 1 is 1.29 bits per heavy atom. The molecule has 0 radical (unpaired) electrons. The molecule has 0 heterocycles. The maximum atomic E-state index is 10.9. The summed E-state index contributed by atoms with van der Waals surface area (Å²) < 4.78 is 41.3. The normalized spacial score (nSPS) is 9.82. The molecular weight excluding hydrogens is 256 g/mol. The summed E-state index contributed by atoms with van der Waals surface area (Å²) in [4.78, 5) is 10.9. The van der Waals surface area contributed by atoms with E-state index in [-0.39, 0.29) is 0 Å². The van der Waals surface area contributed by atoms with Crippen LogP contribution in [-0.4, -0.2) is 21.1 Å². The molecule has 1 amide bonds. The number of hydrogen-bond acceptors (Lipinski definition) is 4. The van der Waals surface area contributed by atoms with E-state index < -0.39 is 16.7 Å². The van der Waals surface area contributed by atoms with Crippen LogP contribution in [0.25, 0.3) is 0 Å². The molecule has 0 aliphatic carbocycles. The maximum absolute atomic E-state index is 10.9. The SMILES string of the molecule is CCOC(=O)Nc1ccccc1.O=S(=O)(F)F. The largest absolute Gasteiger partial charge is 0.476 e. The van der Waals surface area contributed by atoms with Crippen LogP contribution >= 0.6 is 0 Å². The molecule has 0 aliphatic heterocycles. The smallest absolute Gasteiger partial charge is 0.450 e. The quantitative estimate of drug-likeness (QED) is 0.835. The van der Waals surface area contributed by atoms with Crippen LogP contribution in [0, 0.1) is 0 Å². The van der Waals surface area contributed by atoms with Crippen molar-refractivity contribution in [2.75, 3.05) is 11.9 Å². The fourth-order valence-corrected chi connectivity index (χ4v) is 0.807. The molecule has 5 nitrogen and oxygen atoms in total. The highest BCUT2D eigenvalue weighted by Gasteiger charge is 1.98. The molecule has 96 valence electrons. The van der Waals surface area contributed by atoms with E-state index in [9.17, 15) is 12.6 Å². The van der Waals surface area contributed by atoms with Gasteiger partial charge in [0.15, 0.2) is 0 Å². The highest BCUT2D eigenvalue weighted by molar-refractivity contribution is 7.81. The zero-order valence-electron chi connectivity index (χ0n) is 8.89. The summed E-state index contributed by atoms with van der Waals surface area (Å²) in [5.74, 6) is 0. The van der Waals surface area contributed by atoms with Gasteiger partial charge in [0.1, 0.15) is 0 Å². The third-order valence-electron chi connectivity index (χ3n) is 1.30. The van der Waals surface area contributed by atoms with Gasteiger partial charge >= 0.3 is 16.7 Å². The van der Waals surface area contributed by atoms with E-state index in [0.717, 1.165) is 5.69 Å². The average Bonchev–Trinajstić information content (AvgIpc) is 2.16. The summed E-state index contributed by atoms with van der Waals surface area (Å²) in [7, 11) is -5.67. The van der Waals surface area contributed by atoms with Crippen molar-refractivity contribution >= 4 is 22.4 Å². The molecule has 0 saturated carbocycles. The van der Waals surface area contributed by atoms with Gasteiger partial charge in [0.05, 0.1) is 6.61 Å². The molecule has 8 heteroatoms. The molecule has 1 aromatic carbocycles.